The Kier molecular flexibility index (Phi) is 1.03. The molecule has 0 aromatic carbocycles. The van der Waals surface area contributed by atoms with Gasteiger partial charge in [0.25, 0.3) is 0 Å². The molecule has 0 amide bonds. The predicted octanol–water partition coefficient (Wildman–Crippen LogP) is 0.318. The Morgan fingerprint density at radius 2 is 2.15 bits per heavy atom. The van der Waals surface area contributed by atoms with Crippen molar-refractivity contribution in [2.24, 2.45) is 0 Å². The fourth-order valence-electron chi connectivity index (χ4n) is 2.42. The Balaban J connectivity index is 2.22. The zero-order chi connectivity index (χ0) is 9.22. The average molecular weight is 180 g/mol. The first-order valence-electron chi connectivity index (χ1n) is 4.31. The molecule has 3 rings (SSSR count). The highest BCUT2D eigenvalue weighted by atomic mass is 16.6. The largest absolute Gasteiger partial charge is 0.386 e. The molecule has 0 spiro atoms. The summed E-state index contributed by atoms with van der Waals surface area (Å²) in [6, 6.07) is 0. The fraction of sp³-hybridized carbons (Fsp3) is 0.556. The summed E-state index contributed by atoms with van der Waals surface area (Å²) in [5, 5.41) is 0. The summed E-state index contributed by atoms with van der Waals surface area (Å²) in [7, 11) is 0. The summed E-state index contributed by atoms with van der Waals surface area (Å²) in [6.45, 7) is 1.84. The molecule has 0 aromatic rings. The van der Waals surface area contributed by atoms with E-state index < -0.39 is 17.5 Å². The van der Waals surface area contributed by atoms with Crippen LogP contribution >= 0.6 is 0 Å². The lowest BCUT2D eigenvalue weighted by atomic mass is 9.84. The van der Waals surface area contributed by atoms with Gasteiger partial charge in [-0.15, -0.1) is 0 Å². The highest BCUT2D eigenvalue weighted by Gasteiger charge is 2.58. The molecule has 0 aliphatic carbocycles. The van der Waals surface area contributed by atoms with Gasteiger partial charge in [-0.25, -0.2) is 9.59 Å². The summed E-state index contributed by atoms with van der Waals surface area (Å²) in [5.74, 6) is -1.02. The monoisotopic (exact) mass is 180 g/mol. The maximum atomic E-state index is 11.3. The molecular weight excluding hydrogens is 172 g/mol. The van der Waals surface area contributed by atoms with Gasteiger partial charge in [-0.3, -0.25) is 0 Å². The first-order chi connectivity index (χ1) is 6.12. The first kappa shape index (κ1) is 7.26. The second-order valence-electron chi connectivity index (χ2n) is 3.84. The second-order valence-corrected chi connectivity index (χ2v) is 3.84. The number of rotatable bonds is 0. The van der Waals surface area contributed by atoms with Gasteiger partial charge in [0.05, 0.1) is 22.9 Å². The minimum Gasteiger partial charge on any atom is -0.386 e. The molecule has 3 heterocycles. The van der Waals surface area contributed by atoms with Crippen LogP contribution in [-0.2, 0) is 19.1 Å². The van der Waals surface area contributed by atoms with Gasteiger partial charge in [-0.05, 0) is 19.8 Å². The van der Waals surface area contributed by atoms with Crippen molar-refractivity contribution in [3.05, 3.63) is 11.1 Å². The van der Waals surface area contributed by atoms with Gasteiger partial charge >= 0.3 is 11.9 Å². The minimum atomic E-state index is -0.552. The minimum absolute atomic E-state index is 0.195. The Hall–Kier alpha value is -1.16. The number of carbonyl (C=O) groups is 2. The van der Waals surface area contributed by atoms with Crippen molar-refractivity contribution in [3.63, 3.8) is 0 Å². The molecule has 4 heteroatoms. The topological polar surface area (TPSA) is 52.6 Å². The SMILES string of the molecule is C[C@]12CC[C@@H](O1)C1=C2C(=O)OC1=O. The van der Waals surface area contributed by atoms with Crippen LogP contribution in [0.3, 0.4) is 0 Å². The Morgan fingerprint density at radius 3 is 2.85 bits per heavy atom. The van der Waals surface area contributed by atoms with Gasteiger partial charge in [0.15, 0.2) is 0 Å². The van der Waals surface area contributed by atoms with Crippen LogP contribution in [0.5, 0.6) is 0 Å². The lowest BCUT2D eigenvalue weighted by Crippen LogP contribution is -2.27. The van der Waals surface area contributed by atoms with Crippen molar-refractivity contribution in [3.8, 4) is 0 Å². The Bertz CT molecular complexity index is 368. The summed E-state index contributed by atoms with van der Waals surface area (Å²) >= 11 is 0. The lowest BCUT2D eigenvalue weighted by molar-refractivity contribution is -0.153. The maximum absolute atomic E-state index is 11.3. The molecule has 2 bridgehead atoms. The van der Waals surface area contributed by atoms with Gasteiger partial charge in [0.2, 0.25) is 0 Å². The van der Waals surface area contributed by atoms with Gasteiger partial charge < -0.3 is 9.47 Å². The molecule has 1 fully saturated rings. The molecule has 0 saturated carbocycles. The van der Waals surface area contributed by atoms with Crippen LogP contribution in [0.4, 0.5) is 0 Å². The number of hydrogen-bond donors (Lipinski definition) is 0. The van der Waals surface area contributed by atoms with E-state index in [1.54, 1.807) is 0 Å². The zero-order valence-corrected chi connectivity index (χ0v) is 7.12. The van der Waals surface area contributed by atoms with E-state index in [9.17, 15) is 9.59 Å². The van der Waals surface area contributed by atoms with Crippen molar-refractivity contribution in [2.45, 2.75) is 31.5 Å². The summed E-state index contributed by atoms with van der Waals surface area (Å²) in [6.07, 6.45) is 1.43. The van der Waals surface area contributed by atoms with Gasteiger partial charge in [-0.1, -0.05) is 0 Å². The predicted molar refractivity (Wildman–Crippen MR) is 40.6 cm³/mol. The fourth-order valence-corrected chi connectivity index (χ4v) is 2.42. The Labute approximate surface area is 74.5 Å². The van der Waals surface area contributed by atoms with Gasteiger partial charge in [0, 0.05) is 0 Å². The molecule has 2 atom stereocenters. The van der Waals surface area contributed by atoms with Crippen molar-refractivity contribution < 1.29 is 19.1 Å². The third kappa shape index (κ3) is 0.659. The van der Waals surface area contributed by atoms with Gasteiger partial charge in [-0.2, -0.15) is 0 Å². The van der Waals surface area contributed by atoms with E-state index in [1.165, 1.54) is 0 Å². The van der Waals surface area contributed by atoms with E-state index in [0.29, 0.717) is 11.1 Å². The van der Waals surface area contributed by atoms with Crippen LogP contribution in [-0.4, -0.2) is 23.6 Å². The molecule has 13 heavy (non-hydrogen) atoms. The van der Waals surface area contributed by atoms with E-state index in [0.717, 1.165) is 12.8 Å². The number of fused-ring (bicyclic) bond motifs is 4. The highest BCUT2D eigenvalue weighted by molar-refractivity contribution is 6.15. The average Bonchev–Trinajstić information content (AvgIpc) is 2.62. The quantitative estimate of drug-likeness (QED) is 0.398. The van der Waals surface area contributed by atoms with E-state index in [2.05, 4.69) is 4.74 Å². The van der Waals surface area contributed by atoms with Gasteiger partial charge in [0.1, 0.15) is 0 Å². The van der Waals surface area contributed by atoms with Crippen LogP contribution in [0.15, 0.2) is 11.1 Å². The summed E-state index contributed by atoms with van der Waals surface area (Å²) in [5.41, 5.74) is 0.385. The summed E-state index contributed by atoms with van der Waals surface area (Å²) < 4.78 is 10.1. The molecule has 3 aliphatic heterocycles. The number of ether oxygens (including phenoxy) is 2. The Morgan fingerprint density at radius 1 is 1.38 bits per heavy atom. The molecule has 3 aliphatic rings. The molecule has 68 valence electrons. The van der Waals surface area contributed by atoms with Crippen molar-refractivity contribution in [1.82, 2.24) is 0 Å². The first-order valence-corrected chi connectivity index (χ1v) is 4.31. The molecule has 4 nitrogen and oxygen atoms in total. The number of carbonyl (C=O) groups excluding carboxylic acids is 2. The van der Waals surface area contributed by atoms with E-state index in [4.69, 9.17) is 4.74 Å². The van der Waals surface area contributed by atoms with Crippen molar-refractivity contribution in [1.29, 1.82) is 0 Å². The third-order valence-corrected chi connectivity index (χ3v) is 3.02. The van der Waals surface area contributed by atoms with Crippen molar-refractivity contribution in [2.75, 3.05) is 0 Å². The molecular formula is C9H8O4. The molecule has 0 radical (unpaired) electrons. The van der Waals surface area contributed by atoms with Crippen LogP contribution in [0.2, 0.25) is 0 Å². The number of hydrogen-bond acceptors (Lipinski definition) is 4. The lowest BCUT2D eigenvalue weighted by Gasteiger charge is -2.19. The smallest absolute Gasteiger partial charge is 0.345 e. The van der Waals surface area contributed by atoms with Crippen LogP contribution in [0.1, 0.15) is 19.8 Å². The number of cyclic esters (lactones) is 2. The van der Waals surface area contributed by atoms with Crippen LogP contribution < -0.4 is 0 Å². The number of esters is 2. The normalized spacial score (nSPS) is 41.5. The summed E-state index contributed by atoms with van der Waals surface area (Å²) in [4.78, 5) is 22.5. The second kappa shape index (κ2) is 1.85. The zero-order valence-electron chi connectivity index (χ0n) is 7.12. The molecule has 0 unspecified atom stereocenters. The van der Waals surface area contributed by atoms with E-state index in [1.807, 2.05) is 6.92 Å². The van der Waals surface area contributed by atoms with Crippen LogP contribution in [0.25, 0.3) is 0 Å². The standard InChI is InChI=1S/C9H8O4/c1-9-3-2-4(13-9)5-6(9)8(11)12-7(5)10/h4H,2-3H2,1H3/t4-,9-/m1/s1. The molecule has 1 saturated heterocycles. The van der Waals surface area contributed by atoms with E-state index >= 15 is 0 Å². The van der Waals surface area contributed by atoms with E-state index in [-0.39, 0.29) is 6.10 Å². The van der Waals surface area contributed by atoms with Crippen LogP contribution in [0, 0.1) is 0 Å². The maximum Gasteiger partial charge on any atom is 0.345 e. The van der Waals surface area contributed by atoms with Crippen molar-refractivity contribution >= 4 is 11.9 Å². The molecule has 0 N–H and O–H groups in total. The highest BCUT2D eigenvalue weighted by Crippen LogP contribution is 2.50. The molecule has 0 aromatic heterocycles. The third-order valence-electron chi connectivity index (χ3n) is 3.02.